The third-order valence-electron chi connectivity index (χ3n) is 2.64. The van der Waals surface area contributed by atoms with Gasteiger partial charge in [0.1, 0.15) is 0 Å². The summed E-state index contributed by atoms with van der Waals surface area (Å²) in [6.45, 7) is 3.62. The number of carboxylic acid groups (broad SMARTS) is 1. The number of hydrogen-bond donors (Lipinski definition) is 2. The molecule has 0 saturated heterocycles. The third kappa shape index (κ3) is 5.26. The molecule has 2 N–H and O–H groups in total. The van der Waals surface area contributed by atoms with Gasteiger partial charge >= 0.3 is 5.97 Å². The van der Waals surface area contributed by atoms with E-state index in [1.54, 1.807) is 13.0 Å². The van der Waals surface area contributed by atoms with E-state index >= 15 is 0 Å². The van der Waals surface area contributed by atoms with Crippen LogP contribution in [0.3, 0.4) is 0 Å². The van der Waals surface area contributed by atoms with E-state index in [0.29, 0.717) is 23.4 Å². The number of aryl methyl sites for hydroxylation is 1. The molecule has 1 heterocycles. The van der Waals surface area contributed by atoms with E-state index in [-0.39, 0.29) is 18.4 Å². The zero-order valence-electron chi connectivity index (χ0n) is 10.9. The molecule has 1 amide bonds. The van der Waals surface area contributed by atoms with Gasteiger partial charge in [0.15, 0.2) is 0 Å². The predicted octanol–water partition coefficient (Wildman–Crippen LogP) is 2.42. The Morgan fingerprint density at radius 1 is 1.53 bits per heavy atom. The Hall–Kier alpha value is -1.62. The van der Waals surface area contributed by atoms with Crippen LogP contribution < -0.4 is 5.32 Å². The van der Waals surface area contributed by atoms with Gasteiger partial charge in [-0.05, 0) is 32.8 Å². The molecule has 0 saturated carbocycles. The zero-order chi connectivity index (χ0) is 14.4. The minimum Gasteiger partial charge on any atom is -0.481 e. The standard InChI is InChI=1S/C13H17ClN2O3/c1-8(4-3-5-12(17)18)16-13(19)10-7-15-9(2)6-11(10)14/h6-8H,3-5H2,1-2H3,(H,16,19)(H,17,18). The van der Waals surface area contributed by atoms with Crippen LogP contribution >= 0.6 is 11.6 Å². The summed E-state index contributed by atoms with van der Waals surface area (Å²) in [7, 11) is 0. The number of aromatic nitrogens is 1. The van der Waals surface area contributed by atoms with Gasteiger partial charge in [-0.25, -0.2) is 0 Å². The quantitative estimate of drug-likeness (QED) is 0.841. The van der Waals surface area contributed by atoms with Crippen LogP contribution in [-0.2, 0) is 4.79 Å². The maximum atomic E-state index is 11.9. The fourth-order valence-corrected chi connectivity index (χ4v) is 1.92. The van der Waals surface area contributed by atoms with Crippen molar-refractivity contribution in [3.8, 4) is 0 Å². The molecule has 19 heavy (non-hydrogen) atoms. The number of pyridine rings is 1. The number of nitrogens with one attached hydrogen (secondary N) is 1. The first-order valence-electron chi connectivity index (χ1n) is 6.05. The number of carboxylic acids is 1. The van der Waals surface area contributed by atoms with Crippen LogP contribution in [0.15, 0.2) is 12.3 Å². The van der Waals surface area contributed by atoms with Crippen molar-refractivity contribution >= 4 is 23.5 Å². The Kier molecular flexibility index (Phi) is 5.76. The number of hydrogen-bond acceptors (Lipinski definition) is 3. The summed E-state index contributed by atoms with van der Waals surface area (Å²) in [6.07, 6.45) is 2.68. The number of carbonyl (C=O) groups is 2. The van der Waals surface area contributed by atoms with Gasteiger partial charge in [-0.3, -0.25) is 14.6 Å². The molecule has 1 unspecified atom stereocenters. The molecule has 1 atom stereocenters. The van der Waals surface area contributed by atoms with Crippen molar-refractivity contribution in [3.63, 3.8) is 0 Å². The second-order valence-electron chi connectivity index (χ2n) is 4.47. The van der Waals surface area contributed by atoms with Crippen molar-refractivity contribution in [1.82, 2.24) is 10.3 Å². The van der Waals surface area contributed by atoms with E-state index in [2.05, 4.69) is 10.3 Å². The lowest BCUT2D eigenvalue weighted by atomic mass is 10.1. The van der Waals surface area contributed by atoms with Crippen LogP contribution in [0, 0.1) is 6.92 Å². The fourth-order valence-electron chi connectivity index (χ4n) is 1.63. The molecule has 6 heteroatoms. The Bertz CT molecular complexity index is 477. The van der Waals surface area contributed by atoms with Crippen molar-refractivity contribution in [2.24, 2.45) is 0 Å². The monoisotopic (exact) mass is 284 g/mol. The summed E-state index contributed by atoms with van der Waals surface area (Å²) >= 11 is 5.98. The average Bonchev–Trinajstić information content (AvgIpc) is 2.27. The van der Waals surface area contributed by atoms with Crippen molar-refractivity contribution < 1.29 is 14.7 Å². The fraction of sp³-hybridized carbons (Fsp3) is 0.462. The first-order valence-corrected chi connectivity index (χ1v) is 6.42. The molecule has 1 aromatic rings. The van der Waals surface area contributed by atoms with Crippen molar-refractivity contribution in [1.29, 1.82) is 0 Å². The molecule has 0 radical (unpaired) electrons. The minimum atomic E-state index is -0.829. The van der Waals surface area contributed by atoms with E-state index in [4.69, 9.17) is 16.7 Å². The van der Waals surface area contributed by atoms with Crippen molar-refractivity contribution in [2.75, 3.05) is 0 Å². The second kappa shape index (κ2) is 7.09. The van der Waals surface area contributed by atoms with Crippen LogP contribution in [0.4, 0.5) is 0 Å². The molecule has 1 aromatic heterocycles. The largest absolute Gasteiger partial charge is 0.481 e. The van der Waals surface area contributed by atoms with Gasteiger partial charge in [0.05, 0.1) is 10.6 Å². The first-order chi connectivity index (χ1) is 8.90. The summed E-state index contributed by atoms with van der Waals surface area (Å²) < 4.78 is 0. The number of halogens is 1. The van der Waals surface area contributed by atoms with Crippen LogP contribution in [0.5, 0.6) is 0 Å². The summed E-state index contributed by atoms with van der Waals surface area (Å²) in [5, 5.41) is 11.7. The second-order valence-corrected chi connectivity index (χ2v) is 4.87. The van der Waals surface area contributed by atoms with Gasteiger partial charge < -0.3 is 10.4 Å². The molecule has 0 aliphatic heterocycles. The van der Waals surface area contributed by atoms with E-state index in [0.717, 1.165) is 5.69 Å². The Labute approximate surface area is 117 Å². The van der Waals surface area contributed by atoms with Crippen LogP contribution in [0.2, 0.25) is 5.02 Å². The van der Waals surface area contributed by atoms with Crippen molar-refractivity contribution in [2.45, 2.75) is 39.2 Å². The molecule has 1 rings (SSSR count). The number of carbonyl (C=O) groups excluding carboxylic acids is 1. The molecule has 104 valence electrons. The van der Waals surface area contributed by atoms with Crippen LogP contribution in [-0.4, -0.2) is 28.0 Å². The maximum Gasteiger partial charge on any atom is 0.303 e. The van der Waals surface area contributed by atoms with Crippen molar-refractivity contribution in [3.05, 3.63) is 28.5 Å². The van der Waals surface area contributed by atoms with Crippen LogP contribution in [0.1, 0.15) is 42.2 Å². The highest BCUT2D eigenvalue weighted by atomic mass is 35.5. The van der Waals surface area contributed by atoms with Gasteiger partial charge in [-0.15, -0.1) is 0 Å². The Morgan fingerprint density at radius 3 is 2.79 bits per heavy atom. The molecule has 0 fully saturated rings. The number of aliphatic carboxylic acids is 1. The summed E-state index contributed by atoms with van der Waals surface area (Å²) in [6, 6.07) is 1.52. The summed E-state index contributed by atoms with van der Waals surface area (Å²) in [5.41, 5.74) is 1.08. The van der Waals surface area contributed by atoms with Gasteiger partial charge in [-0.1, -0.05) is 11.6 Å². The van der Waals surface area contributed by atoms with E-state index in [9.17, 15) is 9.59 Å². The summed E-state index contributed by atoms with van der Waals surface area (Å²) in [5.74, 6) is -1.12. The Balaban J connectivity index is 2.52. The average molecular weight is 285 g/mol. The predicted molar refractivity (Wildman–Crippen MR) is 72.4 cm³/mol. The lowest BCUT2D eigenvalue weighted by Gasteiger charge is -2.13. The molecule has 0 spiro atoms. The molecular formula is C13H17ClN2O3. The van der Waals surface area contributed by atoms with Gasteiger partial charge in [-0.2, -0.15) is 0 Å². The molecule has 0 aromatic carbocycles. The number of nitrogens with zero attached hydrogens (tertiary/aromatic N) is 1. The SMILES string of the molecule is Cc1cc(Cl)c(C(=O)NC(C)CCCC(=O)O)cn1. The molecular weight excluding hydrogens is 268 g/mol. The highest BCUT2D eigenvalue weighted by molar-refractivity contribution is 6.33. The zero-order valence-corrected chi connectivity index (χ0v) is 11.7. The van der Waals surface area contributed by atoms with E-state index < -0.39 is 5.97 Å². The van der Waals surface area contributed by atoms with E-state index in [1.165, 1.54) is 6.20 Å². The molecule has 0 bridgehead atoms. The first kappa shape index (κ1) is 15.4. The number of amides is 1. The van der Waals surface area contributed by atoms with Gasteiger partial charge in [0.25, 0.3) is 5.91 Å². The Morgan fingerprint density at radius 2 is 2.21 bits per heavy atom. The lowest BCUT2D eigenvalue weighted by Crippen LogP contribution is -2.32. The topological polar surface area (TPSA) is 79.3 Å². The highest BCUT2D eigenvalue weighted by Gasteiger charge is 2.13. The van der Waals surface area contributed by atoms with Gasteiger partial charge in [0, 0.05) is 24.4 Å². The highest BCUT2D eigenvalue weighted by Crippen LogP contribution is 2.15. The normalized spacial score (nSPS) is 11.9. The smallest absolute Gasteiger partial charge is 0.303 e. The molecule has 0 aliphatic carbocycles. The van der Waals surface area contributed by atoms with E-state index in [1.807, 2.05) is 6.92 Å². The lowest BCUT2D eigenvalue weighted by molar-refractivity contribution is -0.137. The third-order valence-corrected chi connectivity index (χ3v) is 2.95. The minimum absolute atomic E-state index is 0.104. The summed E-state index contributed by atoms with van der Waals surface area (Å²) in [4.78, 5) is 26.4. The van der Waals surface area contributed by atoms with Gasteiger partial charge in [0.2, 0.25) is 0 Å². The molecule has 5 nitrogen and oxygen atoms in total. The van der Waals surface area contributed by atoms with Crippen LogP contribution in [0.25, 0.3) is 0 Å². The maximum absolute atomic E-state index is 11.9. The number of rotatable bonds is 6. The molecule has 0 aliphatic rings.